The third-order valence-corrected chi connectivity index (χ3v) is 1.41. The molecule has 0 aliphatic heterocycles. The predicted octanol–water partition coefficient (Wildman–Crippen LogP) is -13.9. The van der Waals surface area contributed by atoms with Crippen LogP contribution in [0.4, 0.5) is 0 Å². The van der Waals surface area contributed by atoms with Crippen molar-refractivity contribution in [2.45, 2.75) is 0 Å². The van der Waals surface area contributed by atoms with Crippen molar-refractivity contribution in [3.05, 3.63) is 12.2 Å². The molecule has 0 atom stereocenters. The summed E-state index contributed by atoms with van der Waals surface area (Å²) in [6.45, 7) is 1.19. The Labute approximate surface area is 232 Å². The second kappa shape index (κ2) is 16.4. The fraction of sp³-hybridized carbons (Fsp3) is 0.375. The molecule has 0 aromatic carbocycles. The molecule has 0 saturated carbocycles. The monoisotopic (exact) mass is 331 g/mol. The standard InChI is InChI=1S/C8H11NO6.3K/c1-5(8(14)15)2-9(3-6(10)11)4-7(12)13;;;/h1-4H2,(H,10,11)(H,12,13)(H,14,15);;;/q;3*+1/p-3. The molecule has 18 heavy (non-hydrogen) atoms. The smallest absolute Gasteiger partial charge is 0.549 e. The minimum absolute atomic E-state index is 0. The van der Waals surface area contributed by atoms with Gasteiger partial charge in [0.05, 0.1) is 17.9 Å². The van der Waals surface area contributed by atoms with Gasteiger partial charge in [0.25, 0.3) is 0 Å². The fourth-order valence-electron chi connectivity index (χ4n) is 0.867. The minimum atomic E-state index is -1.57. The van der Waals surface area contributed by atoms with E-state index in [0.29, 0.717) is 0 Å². The predicted molar refractivity (Wildman–Crippen MR) is 40.6 cm³/mol. The summed E-state index contributed by atoms with van der Waals surface area (Å²) in [5.41, 5.74) is -0.419. The molecule has 0 N–H and O–H groups in total. The van der Waals surface area contributed by atoms with Crippen molar-refractivity contribution < 1.29 is 184 Å². The van der Waals surface area contributed by atoms with Crippen molar-refractivity contribution in [2.75, 3.05) is 19.6 Å². The van der Waals surface area contributed by atoms with Gasteiger partial charge in [-0.25, -0.2) is 0 Å². The Morgan fingerprint density at radius 3 is 1.39 bits per heavy atom. The number of carbonyl (C=O) groups excluding carboxylic acids is 3. The molecule has 0 bridgehead atoms. The van der Waals surface area contributed by atoms with Gasteiger partial charge in [0.1, 0.15) is 0 Å². The Morgan fingerprint density at radius 1 is 0.833 bits per heavy atom. The van der Waals surface area contributed by atoms with Gasteiger partial charge in [-0.1, -0.05) is 6.58 Å². The molecule has 0 spiro atoms. The van der Waals surface area contributed by atoms with Gasteiger partial charge in [-0.2, -0.15) is 0 Å². The zero-order chi connectivity index (χ0) is 12.0. The Morgan fingerprint density at radius 2 is 1.17 bits per heavy atom. The first kappa shape index (κ1) is 29.1. The van der Waals surface area contributed by atoms with Crippen LogP contribution in [0.1, 0.15) is 0 Å². The number of hydrogen-bond donors (Lipinski definition) is 0. The third kappa shape index (κ3) is 17.1. The quantitative estimate of drug-likeness (QED) is 0.335. The van der Waals surface area contributed by atoms with E-state index in [-0.39, 0.29) is 154 Å². The van der Waals surface area contributed by atoms with Gasteiger partial charge in [0.2, 0.25) is 0 Å². The van der Waals surface area contributed by atoms with Crippen LogP contribution in [0.15, 0.2) is 12.2 Å². The van der Waals surface area contributed by atoms with Gasteiger partial charge in [-0.3, -0.25) is 4.90 Å². The van der Waals surface area contributed by atoms with Crippen molar-refractivity contribution >= 4 is 17.9 Å². The summed E-state index contributed by atoms with van der Waals surface area (Å²) < 4.78 is 0. The summed E-state index contributed by atoms with van der Waals surface area (Å²) in [4.78, 5) is 31.4. The summed E-state index contributed by atoms with van der Waals surface area (Å²) in [7, 11) is 0. The van der Waals surface area contributed by atoms with E-state index in [0.717, 1.165) is 4.90 Å². The first-order valence-corrected chi connectivity index (χ1v) is 3.84. The van der Waals surface area contributed by atoms with Crippen LogP contribution < -0.4 is 169 Å². The van der Waals surface area contributed by atoms with E-state index in [4.69, 9.17) is 0 Å². The molecule has 0 saturated heterocycles. The van der Waals surface area contributed by atoms with Gasteiger partial charge in [0, 0.05) is 19.6 Å². The first-order chi connectivity index (χ1) is 6.82. The first-order valence-electron chi connectivity index (χ1n) is 3.84. The molecule has 0 aliphatic rings. The third-order valence-electron chi connectivity index (χ3n) is 1.41. The van der Waals surface area contributed by atoms with Crippen molar-refractivity contribution in [1.82, 2.24) is 4.90 Å². The zero-order valence-corrected chi connectivity index (χ0v) is 20.1. The molecule has 0 radical (unpaired) electrons. The van der Waals surface area contributed by atoms with Crippen molar-refractivity contribution in [2.24, 2.45) is 0 Å². The maximum Gasteiger partial charge on any atom is 1.00 e. The normalized spacial score (nSPS) is 8.28. The van der Waals surface area contributed by atoms with Crippen molar-refractivity contribution in [3.63, 3.8) is 0 Å². The van der Waals surface area contributed by atoms with Gasteiger partial charge in [-0.05, 0) is 5.57 Å². The molecule has 0 aromatic rings. The Kier molecular flexibility index (Phi) is 26.5. The van der Waals surface area contributed by atoms with Gasteiger partial charge < -0.3 is 29.7 Å². The van der Waals surface area contributed by atoms with Crippen LogP contribution in [0.25, 0.3) is 0 Å². The average molecular weight is 331 g/mol. The van der Waals surface area contributed by atoms with E-state index in [1.807, 2.05) is 0 Å². The summed E-state index contributed by atoms with van der Waals surface area (Å²) in [6.07, 6.45) is 0. The second-order valence-electron chi connectivity index (χ2n) is 2.78. The Balaban J connectivity index is -0.000000327. The molecular weight excluding hydrogens is 323 g/mol. The van der Waals surface area contributed by atoms with Crippen LogP contribution in [0, 0.1) is 0 Å². The van der Waals surface area contributed by atoms with Crippen LogP contribution in [-0.2, 0) is 14.4 Å². The topological polar surface area (TPSA) is 124 Å². The van der Waals surface area contributed by atoms with Crippen LogP contribution >= 0.6 is 0 Å². The van der Waals surface area contributed by atoms with Crippen LogP contribution in [-0.4, -0.2) is 42.4 Å². The summed E-state index contributed by atoms with van der Waals surface area (Å²) >= 11 is 0. The van der Waals surface area contributed by atoms with E-state index in [1.54, 1.807) is 0 Å². The number of carboxylic acids is 3. The molecule has 0 amide bonds. The van der Waals surface area contributed by atoms with E-state index >= 15 is 0 Å². The molecule has 0 fully saturated rings. The molecule has 0 aromatic heterocycles. The molecule has 0 unspecified atom stereocenters. The molecule has 0 rings (SSSR count). The summed E-state index contributed by atoms with van der Waals surface area (Å²) in [5, 5.41) is 30.6. The summed E-state index contributed by atoms with van der Waals surface area (Å²) in [6, 6.07) is 0. The fourth-order valence-corrected chi connectivity index (χ4v) is 0.867. The van der Waals surface area contributed by atoms with E-state index < -0.39 is 43.1 Å². The van der Waals surface area contributed by atoms with Crippen molar-refractivity contribution in [3.8, 4) is 0 Å². The Hall–Kier alpha value is 3.02. The molecule has 0 heterocycles. The van der Waals surface area contributed by atoms with Gasteiger partial charge >= 0.3 is 154 Å². The van der Waals surface area contributed by atoms with Gasteiger partial charge in [-0.15, -0.1) is 0 Å². The van der Waals surface area contributed by atoms with Gasteiger partial charge in [0.15, 0.2) is 0 Å². The maximum atomic E-state index is 10.2. The van der Waals surface area contributed by atoms with Crippen LogP contribution in [0.5, 0.6) is 0 Å². The number of aliphatic carboxylic acids is 3. The van der Waals surface area contributed by atoms with E-state index in [1.165, 1.54) is 0 Å². The maximum absolute atomic E-state index is 10.2. The second-order valence-corrected chi connectivity index (χ2v) is 2.78. The minimum Gasteiger partial charge on any atom is -0.549 e. The SMILES string of the molecule is C=C(CN(CC(=O)[O-])CC(=O)[O-])C(=O)[O-].[K+].[K+].[K+]. The van der Waals surface area contributed by atoms with Crippen LogP contribution in [0.2, 0.25) is 0 Å². The molecule has 0 aliphatic carbocycles. The average Bonchev–Trinajstić information content (AvgIpc) is 2.00. The largest absolute Gasteiger partial charge is 1.00 e. The summed E-state index contributed by atoms with van der Waals surface area (Å²) in [5.74, 6) is -4.62. The number of rotatable bonds is 7. The number of nitrogens with zero attached hydrogens (tertiary/aromatic N) is 1. The number of hydrogen-bond acceptors (Lipinski definition) is 7. The van der Waals surface area contributed by atoms with E-state index in [9.17, 15) is 29.7 Å². The molecule has 84 valence electrons. The van der Waals surface area contributed by atoms with Crippen LogP contribution in [0.3, 0.4) is 0 Å². The Bertz CT molecular complexity index is 293. The zero-order valence-electron chi connectivity index (χ0n) is 10.7. The molecular formula is C8H8K3NO6. The number of carboxylic acid groups (broad SMARTS) is 3. The molecule has 7 nitrogen and oxygen atoms in total. The molecule has 10 heteroatoms. The van der Waals surface area contributed by atoms with Crippen molar-refractivity contribution in [1.29, 1.82) is 0 Å². The van der Waals surface area contributed by atoms with E-state index in [2.05, 4.69) is 6.58 Å². The number of carbonyl (C=O) groups is 3.